The predicted octanol–water partition coefficient (Wildman–Crippen LogP) is 4.39. The van der Waals surface area contributed by atoms with Crippen molar-refractivity contribution in [3.63, 3.8) is 0 Å². The lowest BCUT2D eigenvalue weighted by Gasteiger charge is -2.14. The molecule has 33 heavy (non-hydrogen) atoms. The van der Waals surface area contributed by atoms with E-state index in [0.717, 1.165) is 25.7 Å². The molecule has 1 aromatic carbocycles. The Kier molecular flexibility index (Phi) is 9.83. The molecule has 0 radical (unpaired) electrons. The number of aromatic nitrogens is 2. The van der Waals surface area contributed by atoms with Crippen molar-refractivity contribution in [2.45, 2.75) is 46.5 Å². The molecule has 1 atom stereocenters. The van der Waals surface area contributed by atoms with Crippen LogP contribution in [0.3, 0.4) is 0 Å². The number of hydrogen-bond donors (Lipinski definition) is 3. The van der Waals surface area contributed by atoms with Gasteiger partial charge < -0.3 is 15.0 Å². The molecule has 0 saturated heterocycles. The second kappa shape index (κ2) is 12.8. The van der Waals surface area contributed by atoms with Gasteiger partial charge in [-0.05, 0) is 43.0 Å². The summed E-state index contributed by atoms with van der Waals surface area (Å²) in [6.07, 6.45) is 5.51. The van der Waals surface area contributed by atoms with E-state index in [9.17, 15) is 19.6 Å². The quantitative estimate of drug-likeness (QED) is 0.278. The van der Waals surface area contributed by atoms with Gasteiger partial charge in [0.1, 0.15) is 11.6 Å². The summed E-state index contributed by atoms with van der Waals surface area (Å²) in [6, 6.07) is 9.18. The van der Waals surface area contributed by atoms with E-state index in [1.54, 1.807) is 31.2 Å². The van der Waals surface area contributed by atoms with Crippen LogP contribution in [0.5, 0.6) is 0 Å². The molecule has 174 valence electrons. The number of benzene rings is 1. The largest absolute Gasteiger partial charge is 0.461 e. The Morgan fingerprint density at radius 3 is 2.58 bits per heavy atom. The summed E-state index contributed by atoms with van der Waals surface area (Å²) in [7, 11) is 0. The molecule has 1 heterocycles. The molecule has 2 rings (SSSR count). The molecule has 0 aliphatic rings. The van der Waals surface area contributed by atoms with Crippen molar-refractivity contribution in [2.75, 3.05) is 17.2 Å². The third kappa shape index (κ3) is 8.61. The van der Waals surface area contributed by atoms with Crippen LogP contribution in [-0.2, 0) is 9.53 Å². The number of anilines is 2. The molecule has 1 aromatic heterocycles. The number of unbranched alkanes of at least 4 members (excludes halogenated alkanes) is 1. The van der Waals surface area contributed by atoms with Gasteiger partial charge in [-0.15, -0.1) is 0 Å². The Labute approximate surface area is 192 Å². The monoisotopic (exact) mass is 451 g/mol. The average molecular weight is 452 g/mol. The number of aryl methyl sites for hydroxylation is 1. The van der Waals surface area contributed by atoms with Crippen LogP contribution in [-0.4, -0.2) is 28.6 Å². The van der Waals surface area contributed by atoms with E-state index in [0.29, 0.717) is 23.6 Å². The number of rotatable bonds is 10. The number of hydrogen-bond acceptors (Lipinski definition) is 6. The van der Waals surface area contributed by atoms with Crippen LogP contribution in [0.25, 0.3) is 6.08 Å². The third-order valence-electron chi connectivity index (χ3n) is 4.92. The highest BCUT2D eigenvalue weighted by Gasteiger charge is 2.14. The molecule has 0 spiro atoms. The lowest BCUT2D eigenvalue weighted by atomic mass is 10.0. The highest BCUT2D eigenvalue weighted by Crippen LogP contribution is 2.16. The summed E-state index contributed by atoms with van der Waals surface area (Å²) < 4.78 is 5.34. The van der Waals surface area contributed by atoms with Gasteiger partial charge in [0, 0.05) is 17.4 Å². The molecule has 3 N–H and O–H groups in total. The summed E-state index contributed by atoms with van der Waals surface area (Å²) in [5, 5.41) is 14.4. The number of ether oxygens (including phenoxy) is 1. The van der Waals surface area contributed by atoms with E-state index in [-0.39, 0.29) is 17.4 Å². The first-order valence-corrected chi connectivity index (χ1v) is 10.9. The number of carbonyl (C=O) groups is 2. The topological polar surface area (TPSA) is 137 Å². The van der Waals surface area contributed by atoms with Crippen molar-refractivity contribution in [3.8, 4) is 6.07 Å². The zero-order valence-corrected chi connectivity index (χ0v) is 19.1. The van der Waals surface area contributed by atoms with Crippen LogP contribution in [0, 0.1) is 24.2 Å². The second-order valence-corrected chi connectivity index (χ2v) is 7.64. The van der Waals surface area contributed by atoms with Crippen molar-refractivity contribution in [3.05, 3.63) is 57.5 Å². The highest BCUT2D eigenvalue weighted by atomic mass is 16.5. The molecule has 2 aromatic rings. The van der Waals surface area contributed by atoms with Crippen molar-refractivity contribution in [1.82, 2.24) is 9.97 Å². The highest BCUT2D eigenvalue weighted by molar-refractivity contribution is 5.99. The standard InChI is InChI=1S/C24H29N5O4/c1-4-6-7-17(5-2)15-33-22(31)19(14-25)13-18-8-10-20(11-9-18)27-24(32)29-23-26-16(3)12-21(30)28-23/h8-13,17H,4-7,15H2,1-3H3,(H3,26,27,28,29,30,32)/b19-13+. The number of carbonyl (C=O) groups excluding carboxylic acids is 2. The van der Waals surface area contributed by atoms with E-state index in [1.165, 1.54) is 12.1 Å². The maximum Gasteiger partial charge on any atom is 0.348 e. The normalized spacial score (nSPS) is 11.9. The van der Waals surface area contributed by atoms with Gasteiger partial charge in [0.05, 0.1) is 6.61 Å². The SMILES string of the molecule is CCCCC(CC)COC(=O)/C(C#N)=C/c1ccc(NC(=O)Nc2nc(=O)cc(C)[nH]2)cc1. The van der Waals surface area contributed by atoms with E-state index < -0.39 is 17.6 Å². The number of nitrogens with one attached hydrogen (secondary N) is 3. The van der Waals surface area contributed by atoms with Crippen LogP contribution in [0.1, 0.15) is 50.8 Å². The predicted molar refractivity (Wildman–Crippen MR) is 127 cm³/mol. The molecule has 0 aliphatic carbocycles. The van der Waals surface area contributed by atoms with Crippen molar-refractivity contribution in [2.24, 2.45) is 5.92 Å². The van der Waals surface area contributed by atoms with E-state index in [1.807, 2.05) is 6.07 Å². The molecular weight excluding hydrogens is 422 g/mol. The second-order valence-electron chi connectivity index (χ2n) is 7.64. The molecule has 0 bridgehead atoms. The van der Waals surface area contributed by atoms with Gasteiger partial charge in [0.2, 0.25) is 5.95 Å². The van der Waals surface area contributed by atoms with Crippen LogP contribution < -0.4 is 16.2 Å². The maximum absolute atomic E-state index is 12.3. The fraction of sp³-hybridized carbons (Fsp3) is 0.375. The molecule has 0 fully saturated rings. The fourth-order valence-corrected chi connectivity index (χ4v) is 3.04. The number of aromatic amines is 1. The van der Waals surface area contributed by atoms with E-state index in [2.05, 4.69) is 34.4 Å². The van der Waals surface area contributed by atoms with Crippen LogP contribution in [0.2, 0.25) is 0 Å². The molecule has 2 amide bonds. The number of amides is 2. The minimum absolute atomic E-state index is 0.0363. The Bertz CT molecular complexity index is 1080. The van der Waals surface area contributed by atoms with Gasteiger partial charge in [-0.1, -0.05) is 45.2 Å². The summed E-state index contributed by atoms with van der Waals surface area (Å²) in [4.78, 5) is 42.3. The Morgan fingerprint density at radius 2 is 1.97 bits per heavy atom. The summed E-state index contributed by atoms with van der Waals surface area (Å²) in [5.41, 5.74) is 1.10. The lowest BCUT2D eigenvalue weighted by molar-refractivity contribution is -0.139. The van der Waals surface area contributed by atoms with Crippen molar-refractivity contribution in [1.29, 1.82) is 5.26 Å². The van der Waals surface area contributed by atoms with Gasteiger partial charge in [-0.25, -0.2) is 9.59 Å². The van der Waals surface area contributed by atoms with Crippen LogP contribution in [0.4, 0.5) is 16.4 Å². The van der Waals surface area contributed by atoms with Crippen molar-refractivity contribution < 1.29 is 14.3 Å². The average Bonchev–Trinajstić information content (AvgIpc) is 2.77. The first kappa shape index (κ1) is 25.3. The van der Waals surface area contributed by atoms with Crippen LogP contribution in [0.15, 0.2) is 40.7 Å². The lowest BCUT2D eigenvalue weighted by Crippen LogP contribution is -2.23. The zero-order chi connectivity index (χ0) is 24.2. The molecule has 9 heteroatoms. The Morgan fingerprint density at radius 1 is 1.24 bits per heavy atom. The molecular formula is C24H29N5O4. The Balaban J connectivity index is 1.96. The molecule has 1 unspecified atom stereocenters. The van der Waals surface area contributed by atoms with E-state index >= 15 is 0 Å². The minimum Gasteiger partial charge on any atom is -0.461 e. The van der Waals surface area contributed by atoms with Gasteiger partial charge >= 0.3 is 12.0 Å². The number of H-pyrrole nitrogens is 1. The Hall–Kier alpha value is -3.93. The summed E-state index contributed by atoms with van der Waals surface area (Å²) >= 11 is 0. The van der Waals surface area contributed by atoms with Gasteiger partial charge in [-0.3, -0.25) is 10.1 Å². The van der Waals surface area contributed by atoms with E-state index in [4.69, 9.17) is 4.74 Å². The van der Waals surface area contributed by atoms with Gasteiger partial charge in [-0.2, -0.15) is 10.2 Å². The third-order valence-corrected chi connectivity index (χ3v) is 4.92. The van der Waals surface area contributed by atoms with Gasteiger partial charge in [0.15, 0.2) is 0 Å². The molecule has 0 aliphatic heterocycles. The first-order chi connectivity index (χ1) is 15.8. The number of urea groups is 1. The van der Waals surface area contributed by atoms with Crippen molar-refractivity contribution >= 4 is 29.7 Å². The smallest absolute Gasteiger partial charge is 0.348 e. The number of esters is 1. The first-order valence-electron chi connectivity index (χ1n) is 10.9. The molecule has 9 nitrogen and oxygen atoms in total. The van der Waals surface area contributed by atoms with Crippen LogP contribution >= 0.6 is 0 Å². The fourth-order valence-electron chi connectivity index (χ4n) is 3.04. The van der Waals surface area contributed by atoms with Gasteiger partial charge in [0.25, 0.3) is 5.56 Å². The zero-order valence-electron chi connectivity index (χ0n) is 19.1. The summed E-state index contributed by atoms with van der Waals surface area (Å²) in [6.45, 7) is 6.15. The number of nitrogens with zero attached hydrogens (tertiary/aromatic N) is 2. The number of nitriles is 1. The minimum atomic E-state index is -0.645. The summed E-state index contributed by atoms with van der Waals surface area (Å²) in [5.74, 6) is -0.318. The molecule has 0 saturated carbocycles. The maximum atomic E-state index is 12.3.